The molecule has 0 fully saturated rings. The minimum Gasteiger partial charge on any atom is -0.383 e. The monoisotopic (exact) mass is 303 g/mol. The smallest absolute Gasteiger partial charge is 0.383 e. The second-order valence-electron chi connectivity index (χ2n) is 4.36. The molecule has 7 heteroatoms. The molecule has 20 heavy (non-hydrogen) atoms. The molecule has 2 rings (SSSR count). The second-order valence-corrected chi connectivity index (χ2v) is 4.77. The average Bonchev–Trinajstić information content (AvgIpc) is 2.76. The van der Waals surface area contributed by atoms with Crippen LogP contribution in [0.3, 0.4) is 0 Å². The van der Waals surface area contributed by atoms with E-state index in [-0.39, 0.29) is 10.7 Å². The largest absolute Gasteiger partial charge is 0.418 e. The van der Waals surface area contributed by atoms with Gasteiger partial charge in [0, 0.05) is 19.8 Å². The maximum absolute atomic E-state index is 12.9. The first-order chi connectivity index (χ1) is 9.38. The number of halogens is 4. The van der Waals surface area contributed by atoms with Crippen LogP contribution in [0.4, 0.5) is 18.9 Å². The van der Waals surface area contributed by atoms with Crippen LogP contribution >= 0.6 is 11.6 Å². The summed E-state index contributed by atoms with van der Waals surface area (Å²) in [6, 6.07) is 3.74. The van der Waals surface area contributed by atoms with E-state index in [1.54, 1.807) is 17.9 Å². The Hall–Kier alpha value is -1.69. The molecule has 2 aromatic rings. The van der Waals surface area contributed by atoms with Crippen LogP contribution in [0, 0.1) is 0 Å². The number of hydrogen-bond donors (Lipinski definition) is 1. The van der Waals surface area contributed by atoms with Gasteiger partial charge in [-0.25, -0.2) is 0 Å². The number of rotatable bonds is 4. The van der Waals surface area contributed by atoms with E-state index >= 15 is 0 Å². The highest BCUT2D eigenvalue weighted by molar-refractivity contribution is 6.33. The summed E-state index contributed by atoms with van der Waals surface area (Å²) in [5.41, 5.74) is 0.113. The van der Waals surface area contributed by atoms with Gasteiger partial charge >= 0.3 is 6.18 Å². The van der Waals surface area contributed by atoms with Crippen molar-refractivity contribution in [3.8, 4) is 0 Å². The zero-order valence-electron chi connectivity index (χ0n) is 10.7. The summed E-state index contributed by atoms with van der Waals surface area (Å²) in [7, 11) is 1.78. The average molecular weight is 304 g/mol. The lowest BCUT2D eigenvalue weighted by Gasteiger charge is -2.15. The highest BCUT2D eigenvalue weighted by Gasteiger charge is 2.34. The van der Waals surface area contributed by atoms with Crippen LogP contribution < -0.4 is 5.32 Å². The number of benzene rings is 1. The molecule has 0 radical (unpaired) electrons. The Labute approximate surface area is 119 Å². The quantitative estimate of drug-likeness (QED) is 0.932. The first kappa shape index (κ1) is 14.7. The van der Waals surface area contributed by atoms with Crippen molar-refractivity contribution >= 4 is 17.3 Å². The molecular formula is C13H13ClF3N3. The summed E-state index contributed by atoms with van der Waals surface area (Å²) >= 11 is 5.84. The molecule has 3 nitrogen and oxygen atoms in total. The van der Waals surface area contributed by atoms with E-state index in [0.717, 1.165) is 11.6 Å². The fourth-order valence-corrected chi connectivity index (χ4v) is 2.11. The topological polar surface area (TPSA) is 29.9 Å². The number of nitrogens with zero attached hydrogens (tertiary/aromatic N) is 2. The summed E-state index contributed by atoms with van der Waals surface area (Å²) in [4.78, 5) is 0. The minimum absolute atomic E-state index is 0.0611. The van der Waals surface area contributed by atoms with Gasteiger partial charge in [-0.05, 0) is 24.1 Å². The second kappa shape index (κ2) is 5.75. The van der Waals surface area contributed by atoms with E-state index in [1.807, 2.05) is 6.20 Å². The van der Waals surface area contributed by atoms with Crippen molar-refractivity contribution in [2.45, 2.75) is 12.6 Å². The zero-order valence-corrected chi connectivity index (χ0v) is 11.5. The Morgan fingerprint density at radius 1 is 1.35 bits per heavy atom. The van der Waals surface area contributed by atoms with Gasteiger partial charge < -0.3 is 5.32 Å². The SMILES string of the molecule is Cn1cc(CCNc2c(Cl)cccc2C(F)(F)F)cn1. The normalized spacial score (nSPS) is 11.7. The number of para-hydroxylation sites is 1. The Morgan fingerprint density at radius 3 is 2.70 bits per heavy atom. The van der Waals surface area contributed by atoms with Gasteiger partial charge in [0.1, 0.15) is 0 Å². The van der Waals surface area contributed by atoms with E-state index in [9.17, 15) is 13.2 Å². The standard InChI is InChI=1S/C13H13ClF3N3/c1-20-8-9(7-19-20)5-6-18-12-10(13(15,16)17)3-2-4-11(12)14/h2-4,7-8,18H,5-6H2,1H3. The van der Waals surface area contributed by atoms with Gasteiger partial charge in [-0.1, -0.05) is 17.7 Å². The molecule has 1 heterocycles. The third-order valence-corrected chi connectivity index (χ3v) is 3.11. The third-order valence-electron chi connectivity index (χ3n) is 2.79. The van der Waals surface area contributed by atoms with Crippen molar-refractivity contribution in [2.75, 3.05) is 11.9 Å². The molecular weight excluding hydrogens is 291 g/mol. The molecule has 1 aromatic carbocycles. The van der Waals surface area contributed by atoms with Crippen LogP contribution in [-0.4, -0.2) is 16.3 Å². The Morgan fingerprint density at radius 2 is 2.10 bits per heavy atom. The van der Waals surface area contributed by atoms with Gasteiger partial charge in [0.2, 0.25) is 0 Å². The maximum Gasteiger partial charge on any atom is 0.418 e. The van der Waals surface area contributed by atoms with Crippen molar-refractivity contribution < 1.29 is 13.2 Å². The van der Waals surface area contributed by atoms with Gasteiger partial charge in [0.25, 0.3) is 0 Å². The zero-order chi connectivity index (χ0) is 14.8. The third kappa shape index (κ3) is 3.45. The molecule has 0 unspecified atom stereocenters. The van der Waals surface area contributed by atoms with Gasteiger partial charge in [-0.15, -0.1) is 0 Å². The van der Waals surface area contributed by atoms with Crippen molar-refractivity contribution in [1.82, 2.24) is 9.78 Å². The van der Waals surface area contributed by atoms with E-state index in [1.165, 1.54) is 12.1 Å². The number of alkyl halides is 3. The number of hydrogen-bond acceptors (Lipinski definition) is 2. The lowest BCUT2D eigenvalue weighted by atomic mass is 10.1. The van der Waals surface area contributed by atoms with Crippen LogP contribution in [0.1, 0.15) is 11.1 Å². The molecule has 0 aliphatic heterocycles. The molecule has 0 saturated carbocycles. The number of nitrogens with one attached hydrogen (secondary N) is 1. The van der Waals surface area contributed by atoms with Crippen LogP contribution in [0.2, 0.25) is 5.02 Å². The Bertz CT molecular complexity index is 593. The molecule has 1 N–H and O–H groups in total. The lowest BCUT2D eigenvalue weighted by Crippen LogP contribution is -2.13. The highest BCUT2D eigenvalue weighted by Crippen LogP contribution is 2.38. The number of aromatic nitrogens is 2. The first-order valence-electron chi connectivity index (χ1n) is 5.95. The van der Waals surface area contributed by atoms with Crippen molar-refractivity contribution in [3.63, 3.8) is 0 Å². The summed E-state index contributed by atoms with van der Waals surface area (Å²) < 4.78 is 40.3. The minimum atomic E-state index is -4.43. The van der Waals surface area contributed by atoms with Crippen LogP contribution in [0.5, 0.6) is 0 Å². The van der Waals surface area contributed by atoms with Crippen LogP contribution in [-0.2, 0) is 19.6 Å². The van der Waals surface area contributed by atoms with Gasteiger partial charge in [-0.3, -0.25) is 4.68 Å². The number of anilines is 1. The van der Waals surface area contributed by atoms with Crippen LogP contribution in [0.15, 0.2) is 30.6 Å². The first-order valence-corrected chi connectivity index (χ1v) is 6.33. The van der Waals surface area contributed by atoms with E-state index in [2.05, 4.69) is 10.4 Å². The Kier molecular flexibility index (Phi) is 4.23. The predicted molar refractivity (Wildman–Crippen MR) is 71.9 cm³/mol. The van der Waals surface area contributed by atoms with Crippen molar-refractivity contribution in [2.24, 2.45) is 7.05 Å². The molecule has 0 atom stereocenters. The fraction of sp³-hybridized carbons (Fsp3) is 0.308. The van der Waals surface area contributed by atoms with Gasteiger partial charge in [-0.2, -0.15) is 18.3 Å². The van der Waals surface area contributed by atoms with E-state index in [4.69, 9.17) is 11.6 Å². The molecule has 0 spiro atoms. The summed E-state index contributed by atoms with van der Waals surface area (Å²) in [5.74, 6) is 0. The molecule has 0 aliphatic carbocycles. The maximum atomic E-state index is 12.9. The summed E-state index contributed by atoms with van der Waals surface area (Å²) in [6.45, 7) is 0.346. The van der Waals surface area contributed by atoms with Crippen molar-refractivity contribution in [3.05, 3.63) is 46.7 Å². The summed E-state index contributed by atoms with van der Waals surface area (Å²) in [5, 5.41) is 6.82. The molecule has 0 saturated heterocycles. The van der Waals surface area contributed by atoms with Crippen LogP contribution in [0.25, 0.3) is 0 Å². The molecule has 0 aliphatic rings. The highest BCUT2D eigenvalue weighted by atomic mass is 35.5. The van der Waals surface area contributed by atoms with Gasteiger partial charge in [0.15, 0.2) is 0 Å². The lowest BCUT2D eigenvalue weighted by molar-refractivity contribution is -0.136. The molecule has 0 amide bonds. The molecule has 1 aromatic heterocycles. The van der Waals surface area contributed by atoms with E-state index < -0.39 is 11.7 Å². The fourth-order valence-electron chi connectivity index (χ4n) is 1.87. The van der Waals surface area contributed by atoms with E-state index in [0.29, 0.717) is 13.0 Å². The Balaban J connectivity index is 2.09. The van der Waals surface area contributed by atoms with Gasteiger partial charge in [0.05, 0.1) is 22.5 Å². The van der Waals surface area contributed by atoms with Crippen molar-refractivity contribution in [1.29, 1.82) is 0 Å². The molecule has 108 valence electrons. The number of aryl methyl sites for hydroxylation is 1. The predicted octanol–water partition coefficient (Wildman–Crippen LogP) is 3.75. The molecule has 0 bridgehead atoms. The summed E-state index contributed by atoms with van der Waals surface area (Å²) in [6.07, 6.45) is -0.365.